The number of allylic oxidation sites excluding steroid dienone is 4. The molecule has 0 unspecified atom stereocenters. The van der Waals surface area contributed by atoms with Gasteiger partial charge in [-0.05, 0) is 59.2 Å². The van der Waals surface area contributed by atoms with E-state index in [2.05, 4.69) is 47.6 Å². The fraction of sp³-hybridized carbons (Fsp3) is 0.200. The Morgan fingerprint density at radius 3 is 2.88 bits per heavy atom. The van der Waals surface area contributed by atoms with E-state index in [0.29, 0.717) is 6.42 Å². The monoisotopic (exact) mass is 356 g/mol. The molecule has 0 aromatic heterocycles. The number of rotatable bonds is 3. The average Bonchev–Trinajstić information content (AvgIpc) is 2.32. The van der Waals surface area contributed by atoms with E-state index in [1.54, 1.807) is 0 Å². The molecule has 0 atom stereocenters. The van der Waals surface area contributed by atoms with Crippen molar-refractivity contribution in [2.75, 3.05) is 0 Å². The largest absolute Gasteiger partial charge is 0.120 e. The van der Waals surface area contributed by atoms with Gasteiger partial charge in [0, 0.05) is 15.0 Å². The van der Waals surface area contributed by atoms with E-state index in [9.17, 15) is 0 Å². The van der Waals surface area contributed by atoms with Crippen LogP contribution in [-0.2, 0) is 0 Å². The van der Waals surface area contributed by atoms with Crippen LogP contribution in [-0.4, -0.2) is 0 Å². The third kappa shape index (κ3) is 3.90. The highest BCUT2D eigenvalue weighted by Gasteiger charge is 2.06. The lowest BCUT2D eigenvalue weighted by atomic mass is 10.0. The summed E-state index contributed by atoms with van der Waals surface area (Å²) in [6, 6.07) is 6.23. The molecule has 1 aromatic carbocycles. The number of hydrogen-bond acceptors (Lipinski definition) is 0. The maximum absolute atomic E-state index is 6.25. The second kappa shape index (κ2) is 6.88. The van der Waals surface area contributed by atoms with Crippen LogP contribution in [0.15, 0.2) is 35.4 Å². The number of terminal acetylenes is 1. The van der Waals surface area contributed by atoms with E-state index in [1.807, 2.05) is 25.1 Å². The summed E-state index contributed by atoms with van der Waals surface area (Å²) in [5.41, 5.74) is 3.52. The van der Waals surface area contributed by atoms with Crippen molar-refractivity contribution in [3.63, 3.8) is 0 Å². The molecule has 88 valence electrons. The Bertz CT molecular complexity index is 504. The Balaban J connectivity index is 3.11. The molecule has 0 bridgehead atoms. The lowest BCUT2D eigenvalue weighted by Crippen LogP contribution is -1.90. The highest BCUT2D eigenvalue weighted by molar-refractivity contribution is 14.1. The zero-order chi connectivity index (χ0) is 12.8. The Hall–Kier alpha value is -0.720. The van der Waals surface area contributed by atoms with Crippen LogP contribution in [0.25, 0.3) is 5.57 Å². The van der Waals surface area contributed by atoms with E-state index in [1.165, 1.54) is 14.7 Å². The first-order valence-corrected chi connectivity index (χ1v) is 6.75. The molecule has 0 aliphatic carbocycles. The minimum absolute atomic E-state index is 0.606. The number of benzene rings is 1. The molecule has 0 heterocycles. The van der Waals surface area contributed by atoms with Gasteiger partial charge in [-0.3, -0.25) is 0 Å². The molecule has 1 rings (SSSR count). The molecule has 0 radical (unpaired) electrons. The van der Waals surface area contributed by atoms with Gasteiger partial charge in [0.25, 0.3) is 0 Å². The summed E-state index contributed by atoms with van der Waals surface area (Å²) >= 11 is 8.60. The van der Waals surface area contributed by atoms with Crippen molar-refractivity contribution in [2.45, 2.75) is 20.3 Å². The highest BCUT2D eigenvalue weighted by Crippen LogP contribution is 2.27. The van der Waals surface area contributed by atoms with Crippen LogP contribution in [0.5, 0.6) is 0 Å². The first-order chi connectivity index (χ1) is 8.07. The van der Waals surface area contributed by atoms with Crippen LogP contribution in [0.1, 0.15) is 24.5 Å². The molecule has 0 saturated carbocycles. The summed E-state index contributed by atoms with van der Waals surface area (Å²) in [7, 11) is 0. The van der Waals surface area contributed by atoms with E-state index < -0.39 is 0 Å². The van der Waals surface area contributed by atoms with Crippen LogP contribution in [0.2, 0.25) is 0 Å². The predicted molar refractivity (Wildman–Crippen MR) is 84.9 cm³/mol. The molecule has 0 amide bonds. The lowest BCUT2D eigenvalue weighted by molar-refractivity contribution is 1.38. The normalized spacial score (nSPS) is 12.4. The molecule has 0 saturated heterocycles. The van der Waals surface area contributed by atoms with Gasteiger partial charge in [-0.2, -0.15) is 0 Å². The molecule has 0 aliphatic heterocycles. The molecule has 1 aromatic rings. The van der Waals surface area contributed by atoms with Crippen LogP contribution in [0, 0.1) is 22.8 Å². The SMILES string of the molecule is C#CC/C=C\C(Cl)=C(/C)c1cccc(C)c1I. The second-order valence-corrected chi connectivity index (χ2v) is 5.21. The summed E-state index contributed by atoms with van der Waals surface area (Å²) in [4.78, 5) is 0. The summed E-state index contributed by atoms with van der Waals surface area (Å²) in [6.07, 6.45) is 9.56. The maximum Gasteiger partial charge on any atom is 0.0438 e. The van der Waals surface area contributed by atoms with Gasteiger partial charge in [0.1, 0.15) is 0 Å². The summed E-state index contributed by atoms with van der Waals surface area (Å²) in [5.74, 6) is 2.55. The standard InChI is InChI=1S/C15H14ClI/c1-4-5-6-10-14(16)12(3)13-9-7-8-11(2)15(13)17/h1,6-10H,5H2,2-3H3/b10-6-,14-12-. The van der Waals surface area contributed by atoms with Gasteiger partial charge in [0.2, 0.25) is 0 Å². The van der Waals surface area contributed by atoms with Crippen molar-refractivity contribution >= 4 is 39.8 Å². The summed E-state index contributed by atoms with van der Waals surface area (Å²) in [5, 5.41) is 0.740. The van der Waals surface area contributed by atoms with E-state index in [0.717, 1.165) is 10.6 Å². The van der Waals surface area contributed by atoms with E-state index in [4.69, 9.17) is 18.0 Å². The van der Waals surface area contributed by atoms with Gasteiger partial charge in [-0.15, -0.1) is 12.3 Å². The lowest BCUT2D eigenvalue weighted by Gasteiger charge is -2.08. The Morgan fingerprint density at radius 1 is 1.53 bits per heavy atom. The van der Waals surface area contributed by atoms with Crippen molar-refractivity contribution in [1.82, 2.24) is 0 Å². The fourth-order valence-electron chi connectivity index (χ4n) is 1.42. The van der Waals surface area contributed by atoms with Crippen LogP contribution >= 0.6 is 34.2 Å². The Kier molecular flexibility index (Phi) is 5.80. The van der Waals surface area contributed by atoms with Gasteiger partial charge in [-0.1, -0.05) is 35.9 Å². The smallest absolute Gasteiger partial charge is 0.0438 e. The van der Waals surface area contributed by atoms with E-state index in [-0.39, 0.29) is 0 Å². The van der Waals surface area contributed by atoms with Gasteiger partial charge >= 0.3 is 0 Å². The van der Waals surface area contributed by atoms with Gasteiger partial charge in [0.05, 0.1) is 0 Å². The molecule has 0 nitrogen and oxygen atoms in total. The molecular weight excluding hydrogens is 343 g/mol. The summed E-state index contributed by atoms with van der Waals surface area (Å²) < 4.78 is 1.24. The molecule has 0 N–H and O–H groups in total. The van der Waals surface area contributed by atoms with Crippen LogP contribution in [0.4, 0.5) is 0 Å². The molecular formula is C15H14ClI. The van der Waals surface area contributed by atoms with Crippen LogP contribution < -0.4 is 0 Å². The third-order valence-electron chi connectivity index (χ3n) is 2.45. The zero-order valence-electron chi connectivity index (χ0n) is 9.93. The predicted octanol–water partition coefficient (Wildman–Crippen LogP) is 5.15. The third-order valence-corrected chi connectivity index (χ3v) is 4.30. The quantitative estimate of drug-likeness (QED) is 0.399. The topological polar surface area (TPSA) is 0 Å². The van der Waals surface area contributed by atoms with Crippen molar-refractivity contribution in [3.8, 4) is 12.3 Å². The zero-order valence-corrected chi connectivity index (χ0v) is 12.8. The molecule has 2 heteroatoms. The van der Waals surface area contributed by atoms with Crippen molar-refractivity contribution in [2.24, 2.45) is 0 Å². The van der Waals surface area contributed by atoms with Crippen LogP contribution in [0.3, 0.4) is 0 Å². The Morgan fingerprint density at radius 2 is 2.24 bits per heavy atom. The highest BCUT2D eigenvalue weighted by atomic mass is 127. The Labute approximate surface area is 122 Å². The van der Waals surface area contributed by atoms with Gasteiger partial charge in [-0.25, -0.2) is 0 Å². The van der Waals surface area contributed by atoms with Crippen molar-refractivity contribution in [3.05, 3.63) is 50.1 Å². The molecule has 0 fully saturated rings. The number of aryl methyl sites for hydroxylation is 1. The van der Waals surface area contributed by atoms with Gasteiger partial charge < -0.3 is 0 Å². The first kappa shape index (κ1) is 14.3. The van der Waals surface area contributed by atoms with E-state index >= 15 is 0 Å². The average molecular weight is 357 g/mol. The summed E-state index contributed by atoms with van der Waals surface area (Å²) in [6.45, 7) is 4.13. The van der Waals surface area contributed by atoms with Gasteiger partial charge in [0.15, 0.2) is 0 Å². The maximum atomic E-state index is 6.25. The fourth-order valence-corrected chi connectivity index (χ4v) is 2.38. The number of hydrogen-bond donors (Lipinski definition) is 0. The first-order valence-electron chi connectivity index (χ1n) is 5.29. The molecule has 0 aliphatic rings. The van der Waals surface area contributed by atoms with Crippen molar-refractivity contribution < 1.29 is 0 Å². The minimum atomic E-state index is 0.606. The minimum Gasteiger partial charge on any atom is -0.120 e. The second-order valence-electron chi connectivity index (χ2n) is 3.72. The molecule has 0 spiro atoms. The van der Waals surface area contributed by atoms with Crippen molar-refractivity contribution in [1.29, 1.82) is 0 Å². The number of halogens is 2. The molecule has 17 heavy (non-hydrogen) atoms.